The fourth-order valence-corrected chi connectivity index (χ4v) is 4.08. The van der Waals surface area contributed by atoms with Crippen molar-refractivity contribution in [1.29, 1.82) is 0 Å². The zero-order valence-corrected chi connectivity index (χ0v) is 15.4. The summed E-state index contributed by atoms with van der Waals surface area (Å²) in [5.74, 6) is 0.793. The topological polar surface area (TPSA) is 69.0 Å². The first kappa shape index (κ1) is 17.7. The van der Waals surface area contributed by atoms with E-state index in [-0.39, 0.29) is 11.5 Å². The van der Waals surface area contributed by atoms with E-state index >= 15 is 0 Å². The molecule has 1 atom stereocenters. The molecule has 1 aliphatic heterocycles. The summed E-state index contributed by atoms with van der Waals surface area (Å²) >= 11 is 0. The molecule has 140 valence electrons. The fraction of sp³-hybridized carbons (Fsp3) is 0.364. The lowest BCUT2D eigenvalue weighted by Crippen LogP contribution is -2.37. The number of nitrogens with one attached hydrogen (secondary N) is 2. The molecule has 2 heterocycles. The number of aromatic nitrogens is 2. The number of aromatic amines is 2. The number of hydrogen-bond donors (Lipinski definition) is 2. The van der Waals surface area contributed by atoms with Gasteiger partial charge in [-0.05, 0) is 55.5 Å². The molecule has 0 saturated carbocycles. The van der Waals surface area contributed by atoms with Gasteiger partial charge in [0.15, 0.2) is 5.78 Å². The lowest BCUT2D eigenvalue weighted by atomic mass is 9.91. The van der Waals surface area contributed by atoms with Crippen LogP contribution in [0.2, 0.25) is 0 Å². The number of ketones is 1. The summed E-state index contributed by atoms with van der Waals surface area (Å²) in [7, 11) is 0. The molecule has 5 heteroatoms. The molecular formula is C22H25N3O2. The molecule has 0 amide bonds. The maximum atomic E-state index is 12.6. The van der Waals surface area contributed by atoms with Crippen molar-refractivity contribution < 1.29 is 4.79 Å². The normalized spacial score (nSPS) is 18.0. The highest BCUT2D eigenvalue weighted by Gasteiger charge is 2.21. The molecule has 3 aromatic rings. The number of piperidine rings is 1. The van der Waals surface area contributed by atoms with Crippen LogP contribution in [0, 0.1) is 5.92 Å². The summed E-state index contributed by atoms with van der Waals surface area (Å²) in [4.78, 5) is 31.8. The molecule has 1 fully saturated rings. The van der Waals surface area contributed by atoms with E-state index in [1.54, 1.807) is 18.2 Å². The monoisotopic (exact) mass is 363 g/mol. The summed E-state index contributed by atoms with van der Waals surface area (Å²) in [6, 6.07) is 16.0. The third-order valence-corrected chi connectivity index (χ3v) is 5.46. The lowest BCUT2D eigenvalue weighted by Gasteiger charge is -2.32. The average molecular weight is 363 g/mol. The van der Waals surface area contributed by atoms with Crippen LogP contribution in [0.25, 0.3) is 11.0 Å². The number of rotatable bonds is 6. The smallest absolute Gasteiger partial charge is 0.306 e. The molecule has 2 aromatic carbocycles. The first-order valence-corrected chi connectivity index (χ1v) is 9.69. The van der Waals surface area contributed by atoms with E-state index in [2.05, 4.69) is 45.2 Å². The van der Waals surface area contributed by atoms with Crippen LogP contribution in [-0.4, -0.2) is 40.3 Å². The van der Waals surface area contributed by atoms with Gasteiger partial charge in [-0.25, -0.2) is 4.79 Å². The number of carbonyl (C=O) groups is 1. The summed E-state index contributed by atoms with van der Waals surface area (Å²) in [6.45, 7) is 2.93. The number of benzene rings is 2. The van der Waals surface area contributed by atoms with Crippen molar-refractivity contribution in [2.75, 3.05) is 19.6 Å². The molecule has 5 nitrogen and oxygen atoms in total. The lowest BCUT2D eigenvalue weighted by molar-refractivity contribution is 0.0946. The molecule has 0 bridgehead atoms. The van der Waals surface area contributed by atoms with Gasteiger partial charge in [0.05, 0.1) is 11.0 Å². The minimum Gasteiger partial charge on any atom is -0.306 e. The molecule has 0 aliphatic carbocycles. The average Bonchev–Trinajstić information content (AvgIpc) is 3.06. The molecule has 2 N–H and O–H groups in total. The Kier molecular flexibility index (Phi) is 5.21. The van der Waals surface area contributed by atoms with Gasteiger partial charge >= 0.3 is 5.69 Å². The Hall–Kier alpha value is -2.66. The fourth-order valence-electron chi connectivity index (χ4n) is 4.08. The van der Waals surface area contributed by atoms with Gasteiger partial charge in [0.2, 0.25) is 0 Å². The van der Waals surface area contributed by atoms with E-state index in [1.165, 1.54) is 18.4 Å². The second-order valence-electron chi connectivity index (χ2n) is 7.51. The van der Waals surface area contributed by atoms with Gasteiger partial charge in [0.1, 0.15) is 0 Å². The Morgan fingerprint density at radius 2 is 1.89 bits per heavy atom. The van der Waals surface area contributed by atoms with Crippen LogP contribution in [0.15, 0.2) is 53.3 Å². The second kappa shape index (κ2) is 7.92. The predicted octanol–water partition coefficient (Wildman–Crippen LogP) is 3.38. The van der Waals surface area contributed by atoms with Gasteiger partial charge in [-0.15, -0.1) is 0 Å². The number of H-pyrrole nitrogens is 2. The number of likely N-dealkylation sites (tertiary alicyclic amines) is 1. The summed E-state index contributed by atoms with van der Waals surface area (Å²) in [5, 5.41) is 0. The van der Waals surface area contributed by atoms with Gasteiger partial charge in [-0.1, -0.05) is 30.3 Å². The standard InChI is InChI=1S/C22H25N3O2/c26-21(18-8-9-19-20(14-18)24-22(27)23-19)10-12-25-11-4-7-17(15-25)13-16-5-2-1-3-6-16/h1-3,5-6,8-9,14,17H,4,7,10-13,15H2,(H2,23,24,27)/t17-/m0/s1. The minimum atomic E-state index is -0.243. The van der Waals surface area contributed by atoms with E-state index in [0.717, 1.165) is 31.6 Å². The molecule has 27 heavy (non-hydrogen) atoms. The molecular weight excluding hydrogens is 338 g/mol. The largest absolute Gasteiger partial charge is 0.323 e. The first-order valence-electron chi connectivity index (χ1n) is 9.69. The third kappa shape index (κ3) is 4.37. The third-order valence-electron chi connectivity index (χ3n) is 5.46. The number of Topliss-reactive ketones (excluding diaryl/α,β-unsaturated/α-hetero) is 1. The van der Waals surface area contributed by atoms with Crippen molar-refractivity contribution in [2.45, 2.75) is 25.7 Å². The van der Waals surface area contributed by atoms with Crippen molar-refractivity contribution in [2.24, 2.45) is 5.92 Å². The summed E-state index contributed by atoms with van der Waals surface area (Å²) in [6.07, 6.45) is 4.08. The molecule has 1 aromatic heterocycles. The Bertz CT molecular complexity index is 974. The quantitative estimate of drug-likeness (QED) is 0.660. The maximum Gasteiger partial charge on any atom is 0.323 e. The van der Waals surface area contributed by atoms with Crippen LogP contribution in [0.4, 0.5) is 0 Å². The Labute approximate surface area is 158 Å². The van der Waals surface area contributed by atoms with Gasteiger partial charge in [-0.2, -0.15) is 0 Å². The van der Waals surface area contributed by atoms with Crippen molar-refractivity contribution >= 4 is 16.8 Å². The molecule has 1 aliphatic rings. The molecule has 0 radical (unpaired) electrons. The van der Waals surface area contributed by atoms with E-state index in [9.17, 15) is 9.59 Å². The zero-order chi connectivity index (χ0) is 18.6. The van der Waals surface area contributed by atoms with E-state index in [0.29, 0.717) is 23.4 Å². The number of imidazole rings is 1. The molecule has 1 saturated heterocycles. The van der Waals surface area contributed by atoms with Crippen LogP contribution in [0.1, 0.15) is 35.2 Å². The van der Waals surface area contributed by atoms with Crippen LogP contribution >= 0.6 is 0 Å². The first-order chi connectivity index (χ1) is 13.2. The van der Waals surface area contributed by atoms with Crippen molar-refractivity contribution in [3.05, 3.63) is 70.1 Å². The number of hydrogen-bond acceptors (Lipinski definition) is 3. The van der Waals surface area contributed by atoms with Crippen LogP contribution in [-0.2, 0) is 6.42 Å². The summed E-state index contributed by atoms with van der Waals surface area (Å²) < 4.78 is 0. The Morgan fingerprint density at radius 3 is 2.74 bits per heavy atom. The van der Waals surface area contributed by atoms with Gasteiger partial charge in [0, 0.05) is 25.1 Å². The van der Waals surface area contributed by atoms with Gasteiger partial charge in [0.25, 0.3) is 0 Å². The van der Waals surface area contributed by atoms with Crippen molar-refractivity contribution in [1.82, 2.24) is 14.9 Å². The SMILES string of the molecule is O=C(CCN1CCC[C@@H](Cc2ccccc2)C1)c1ccc2[nH]c(=O)[nH]c2c1. The van der Waals surface area contributed by atoms with E-state index in [4.69, 9.17) is 0 Å². The van der Waals surface area contributed by atoms with E-state index < -0.39 is 0 Å². The highest BCUT2D eigenvalue weighted by molar-refractivity contribution is 5.98. The predicted molar refractivity (Wildman–Crippen MR) is 107 cm³/mol. The highest BCUT2D eigenvalue weighted by Crippen LogP contribution is 2.21. The minimum absolute atomic E-state index is 0.129. The zero-order valence-electron chi connectivity index (χ0n) is 15.4. The van der Waals surface area contributed by atoms with Crippen LogP contribution < -0.4 is 5.69 Å². The van der Waals surface area contributed by atoms with Crippen molar-refractivity contribution in [3.8, 4) is 0 Å². The van der Waals surface area contributed by atoms with Gasteiger partial charge in [-0.3, -0.25) is 4.79 Å². The number of fused-ring (bicyclic) bond motifs is 1. The summed E-state index contributed by atoms with van der Waals surface area (Å²) in [5.41, 5.74) is 3.24. The second-order valence-corrected chi connectivity index (χ2v) is 7.51. The Balaban J connectivity index is 1.33. The Morgan fingerprint density at radius 1 is 1.07 bits per heavy atom. The number of carbonyl (C=O) groups excluding carboxylic acids is 1. The maximum absolute atomic E-state index is 12.6. The van der Waals surface area contributed by atoms with Crippen molar-refractivity contribution in [3.63, 3.8) is 0 Å². The highest BCUT2D eigenvalue weighted by atomic mass is 16.1. The molecule has 4 rings (SSSR count). The van der Waals surface area contributed by atoms with Gasteiger partial charge < -0.3 is 14.9 Å². The molecule has 0 spiro atoms. The molecule has 0 unspecified atom stereocenters. The van der Waals surface area contributed by atoms with Crippen LogP contribution in [0.3, 0.4) is 0 Å². The van der Waals surface area contributed by atoms with Crippen LogP contribution in [0.5, 0.6) is 0 Å². The van der Waals surface area contributed by atoms with E-state index in [1.807, 2.05) is 0 Å². The number of nitrogens with zero attached hydrogens (tertiary/aromatic N) is 1.